The summed E-state index contributed by atoms with van der Waals surface area (Å²) in [7, 11) is 1.53. The molecule has 5 fully saturated rings. The molecule has 0 heterocycles. The smallest absolute Gasteiger partial charge is 0.312 e. The highest BCUT2D eigenvalue weighted by Gasteiger charge is 2.72. The summed E-state index contributed by atoms with van der Waals surface area (Å²) in [5.41, 5.74) is 0.326. The molecule has 0 aromatic carbocycles. The molecule has 0 aliphatic heterocycles. The second-order valence-electron chi connectivity index (χ2n) is 14.5. The molecule has 0 aromatic rings. The van der Waals surface area contributed by atoms with Crippen molar-refractivity contribution in [1.82, 2.24) is 0 Å². The van der Waals surface area contributed by atoms with Gasteiger partial charge in [0.1, 0.15) is 0 Å². The lowest BCUT2D eigenvalue weighted by Crippen LogP contribution is -2.67. The second-order valence-corrected chi connectivity index (χ2v) is 14.5. The quantitative estimate of drug-likeness (QED) is 0.367. The molecule has 0 amide bonds. The standard InChI is InChI=1S/C31H50O5/c1-19(17-32)20-9-14-31(26(35)36-6)16-15-29(4)21(25(20)31)7-8-23-27(2)12-11-24(34)28(3,18-33)22(27)10-13-30(23,29)5/h20-25,32-34H,1,7-18H2,2-6H3/t20?,21?,22?,23?,24-,25?,27-,28-,29+,30+,31-/m0/s1. The van der Waals surface area contributed by atoms with Crippen molar-refractivity contribution in [2.24, 2.45) is 56.7 Å². The molecule has 5 rings (SSSR count). The van der Waals surface area contributed by atoms with Gasteiger partial charge in [-0.05, 0) is 116 Å². The number of carbonyl (C=O) groups is 1. The topological polar surface area (TPSA) is 87.0 Å². The van der Waals surface area contributed by atoms with Gasteiger partial charge in [0.15, 0.2) is 0 Å². The van der Waals surface area contributed by atoms with Crippen LogP contribution in [0.5, 0.6) is 0 Å². The van der Waals surface area contributed by atoms with E-state index in [0.29, 0.717) is 17.8 Å². The third kappa shape index (κ3) is 3.09. The van der Waals surface area contributed by atoms with Crippen LogP contribution >= 0.6 is 0 Å². The van der Waals surface area contributed by atoms with Crippen molar-refractivity contribution in [1.29, 1.82) is 0 Å². The maximum atomic E-state index is 13.4. The van der Waals surface area contributed by atoms with E-state index in [9.17, 15) is 20.1 Å². The first-order chi connectivity index (χ1) is 16.9. The van der Waals surface area contributed by atoms with Crippen molar-refractivity contribution in [2.75, 3.05) is 20.3 Å². The van der Waals surface area contributed by atoms with Gasteiger partial charge in [-0.3, -0.25) is 4.79 Å². The number of aliphatic hydroxyl groups is 3. The first-order valence-corrected chi connectivity index (χ1v) is 14.6. The summed E-state index contributed by atoms with van der Waals surface area (Å²) in [5, 5.41) is 31.5. The van der Waals surface area contributed by atoms with Crippen molar-refractivity contribution in [3.05, 3.63) is 12.2 Å². The largest absolute Gasteiger partial charge is 0.469 e. The Morgan fingerprint density at radius 2 is 1.61 bits per heavy atom. The van der Waals surface area contributed by atoms with E-state index in [1.54, 1.807) is 0 Å². The zero-order chi connectivity index (χ0) is 26.3. The number of carbonyl (C=O) groups excluding carboxylic acids is 1. The number of fused-ring (bicyclic) bond motifs is 7. The van der Waals surface area contributed by atoms with E-state index in [2.05, 4.69) is 34.3 Å². The van der Waals surface area contributed by atoms with E-state index in [0.717, 1.165) is 69.8 Å². The Balaban J connectivity index is 1.56. The average molecular weight is 503 g/mol. The van der Waals surface area contributed by atoms with Crippen LogP contribution in [0.15, 0.2) is 12.2 Å². The number of rotatable bonds is 4. The van der Waals surface area contributed by atoms with Gasteiger partial charge in [-0.15, -0.1) is 0 Å². The van der Waals surface area contributed by atoms with E-state index in [1.165, 1.54) is 7.11 Å². The Bertz CT molecular complexity index is 917. The van der Waals surface area contributed by atoms with Crippen LogP contribution in [-0.4, -0.2) is 47.7 Å². The van der Waals surface area contributed by atoms with Crippen LogP contribution in [0.2, 0.25) is 0 Å². The summed E-state index contributed by atoms with van der Waals surface area (Å²) >= 11 is 0. The molecule has 0 saturated heterocycles. The minimum Gasteiger partial charge on any atom is -0.469 e. The minimum atomic E-state index is -0.448. The van der Waals surface area contributed by atoms with E-state index in [-0.39, 0.29) is 47.3 Å². The Morgan fingerprint density at radius 1 is 0.889 bits per heavy atom. The Hall–Kier alpha value is -0.910. The van der Waals surface area contributed by atoms with Crippen molar-refractivity contribution >= 4 is 5.97 Å². The molecule has 0 bridgehead atoms. The lowest BCUT2D eigenvalue weighted by Gasteiger charge is -2.72. The molecule has 0 radical (unpaired) electrons. The molecule has 36 heavy (non-hydrogen) atoms. The molecule has 3 N–H and O–H groups in total. The predicted octanol–water partition coefficient (Wildman–Crippen LogP) is 5.12. The van der Waals surface area contributed by atoms with Gasteiger partial charge >= 0.3 is 5.97 Å². The van der Waals surface area contributed by atoms with Crippen molar-refractivity contribution in [2.45, 2.75) is 98.0 Å². The van der Waals surface area contributed by atoms with E-state index in [4.69, 9.17) is 4.74 Å². The Morgan fingerprint density at radius 3 is 2.25 bits per heavy atom. The first kappa shape index (κ1) is 26.7. The van der Waals surface area contributed by atoms with Gasteiger partial charge in [0, 0.05) is 5.41 Å². The predicted molar refractivity (Wildman–Crippen MR) is 140 cm³/mol. The van der Waals surface area contributed by atoms with Crippen LogP contribution in [0.3, 0.4) is 0 Å². The summed E-state index contributed by atoms with van der Waals surface area (Å²) in [6, 6.07) is 0. The van der Waals surface area contributed by atoms with Crippen LogP contribution in [0.4, 0.5) is 0 Å². The van der Waals surface area contributed by atoms with E-state index < -0.39 is 16.9 Å². The molecule has 11 atom stereocenters. The molecule has 5 nitrogen and oxygen atoms in total. The van der Waals surface area contributed by atoms with Gasteiger partial charge in [0.05, 0.1) is 31.8 Å². The number of esters is 1. The lowest BCUT2D eigenvalue weighted by molar-refractivity contribution is -0.254. The Kier molecular flexibility index (Phi) is 6.34. The van der Waals surface area contributed by atoms with Crippen LogP contribution in [0, 0.1) is 56.7 Å². The fourth-order valence-corrected chi connectivity index (χ4v) is 11.7. The van der Waals surface area contributed by atoms with Crippen molar-refractivity contribution in [3.63, 3.8) is 0 Å². The normalized spacial score (nSPS) is 54.0. The summed E-state index contributed by atoms with van der Waals surface area (Å²) in [6.45, 7) is 14.0. The molecule has 5 aliphatic carbocycles. The zero-order valence-corrected chi connectivity index (χ0v) is 23.3. The van der Waals surface area contributed by atoms with Gasteiger partial charge in [0.25, 0.3) is 0 Å². The van der Waals surface area contributed by atoms with Gasteiger partial charge in [-0.25, -0.2) is 0 Å². The molecule has 204 valence electrons. The fourth-order valence-electron chi connectivity index (χ4n) is 11.7. The lowest BCUT2D eigenvalue weighted by atomic mass is 9.32. The molecule has 5 aliphatic rings. The molecule has 5 saturated carbocycles. The van der Waals surface area contributed by atoms with Crippen LogP contribution in [0.1, 0.15) is 91.9 Å². The molecular formula is C31H50O5. The van der Waals surface area contributed by atoms with Crippen LogP contribution < -0.4 is 0 Å². The van der Waals surface area contributed by atoms with Gasteiger partial charge in [-0.2, -0.15) is 0 Å². The third-order valence-corrected chi connectivity index (χ3v) is 13.9. The SMILES string of the molecule is C=C(CO)C1CC[C@]2(C(=O)OC)CC[C@]3(C)C(CCC4[C@@]5(C)CC[C@H](O)[C@@](C)(CO)C5CC[C@]43C)C12. The number of aliphatic hydroxyl groups excluding tert-OH is 3. The molecule has 0 spiro atoms. The monoisotopic (exact) mass is 502 g/mol. The minimum absolute atomic E-state index is 0.0104. The molecule has 5 heteroatoms. The van der Waals surface area contributed by atoms with E-state index >= 15 is 0 Å². The number of ether oxygens (including phenoxy) is 1. The second kappa shape index (κ2) is 8.55. The number of hydrogen-bond acceptors (Lipinski definition) is 5. The van der Waals surface area contributed by atoms with E-state index in [1.807, 2.05) is 0 Å². The third-order valence-electron chi connectivity index (χ3n) is 13.9. The van der Waals surface area contributed by atoms with Crippen molar-refractivity contribution < 1.29 is 24.9 Å². The first-order valence-electron chi connectivity index (χ1n) is 14.6. The highest BCUT2D eigenvalue weighted by atomic mass is 16.5. The molecular weight excluding hydrogens is 452 g/mol. The van der Waals surface area contributed by atoms with Gasteiger partial charge in [-0.1, -0.05) is 34.3 Å². The molecule has 0 aromatic heterocycles. The van der Waals surface area contributed by atoms with Gasteiger partial charge < -0.3 is 20.1 Å². The number of methoxy groups -OCH3 is 1. The van der Waals surface area contributed by atoms with Crippen molar-refractivity contribution in [3.8, 4) is 0 Å². The maximum Gasteiger partial charge on any atom is 0.312 e. The van der Waals surface area contributed by atoms with Crippen LogP contribution in [-0.2, 0) is 9.53 Å². The average Bonchev–Trinajstić information content (AvgIpc) is 3.26. The van der Waals surface area contributed by atoms with Gasteiger partial charge in [0.2, 0.25) is 0 Å². The summed E-state index contributed by atoms with van der Waals surface area (Å²) < 4.78 is 5.45. The number of hydrogen-bond donors (Lipinski definition) is 3. The zero-order valence-electron chi connectivity index (χ0n) is 23.3. The Labute approximate surface area is 218 Å². The summed E-state index contributed by atoms with van der Waals surface area (Å²) in [5.74, 6) is 1.57. The summed E-state index contributed by atoms with van der Waals surface area (Å²) in [6.07, 6.45) is 9.39. The van der Waals surface area contributed by atoms with Crippen LogP contribution in [0.25, 0.3) is 0 Å². The fraction of sp³-hybridized carbons (Fsp3) is 0.903. The summed E-state index contributed by atoms with van der Waals surface area (Å²) in [4.78, 5) is 13.4. The maximum absolute atomic E-state index is 13.4. The highest BCUT2D eigenvalue weighted by Crippen LogP contribution is 2.77. The molecule has 5 unspecified atom stereocenters. The highest BCUT2D eigenvalue weighted by molar-refractivity contribution is 5.78.